The summed E-state index contributed by atoms with van der Waals surface area (Å²) in [7, 11) is 0. The van der Waals surface area contributed by atoms with Gasteiger partial charge < -0.3 is 10.2 Å². The number of hydrogen-bond acceptors (Lipinski definition) is 5. The molecule has 1 aromatic rings. The minimum atomic E-state index is -1.53. The van der Waals surface area contributed by atoms with Crippen LogP contribution in [0.2, 0.25) is 0 Å². The number of carboxylic acids is 2. The number of hydrogen-bond donors (Lipinski definition) is 2. The molecule has 0 aliphatic carbocycles. The van der Waals surface area contributed by atoms with Gasteiger partial charge in [0.25, 0.3) is 5.69 Å². The van der Waals surface area contributed by atoms with Crippen LogP contribution in [-0.4, -0.2) is 32.8 Å². The van der Waals surface area contributed by atoms with Gasteiger partial charge in [-0.3, -0.25) is 14.9 Å². The second kappa shape index (κ2) is 5.53. The zero-order chi connectivity index (χ0) is 13.7. The number of nitrogens with zero attached hydrogens (tertiary/aromatic N) is 2. The monoisotopic (exact) mass is 252 g/mol. The van der Waals surface area contributed by atoms with Crippen molar-refractivity contribution in [3.05, 3.63) is 34.4 Å². The molecular formula is C10H8N2O6. The second-order valence-electron chi connectivity index (χ2n) is 3.18. The summed E-state index contributed by atoms with van der Waals surface area (Å²) in [6.07, 6.45) is -0.818. The highest BCUT2D eigenvalue weighted by molar-refractivity contribution is 6.39. The molecule has 0 heterocycles. The maximum atomic E-state index is 10.8. The number of nitro groups is 1. The molecule has 0 atom stereocenters. The molecule has 0 bridgehead atoms. The topological polar surface area (TPSA) is 130 Å². The average molecular weight is 252 g/mol. The fourth-order valence-electron chi connectivity index (χ4n) is 1.16. The Hall–Kier alpha value is -2.77. The van der Waals surface area contributed by atoms with Crippen molar-refractivity contribution < 1.29 is 24.7 Å². The van der Waals surface area contributed by atoms with Crippen molar-refractivity contribution in [2.45, 2.75) is 6.42 Å². The molecule has 0 unspecified atom stereocenters. The number of benzene rings is 1. The van der Waals surface area contributed by atoms with E-state index in [1.807, 2.05) is 0 Å². The van der Waals surface area contributed by atoms with Gasteiger partial charge in [0.1, 0.15) is 11.4 Å². The predicted molar refractivity (Wildman–Crippen MR) is 60.1 cm³/mol. The van der Waals surface area contributed by atoms with E-state index in [0.717, 1.165) is 6.07 Å². The lowest BCUT2D eigenvalue weighted by atomic mass is 10.2. The van der Waals surface area contributed by atoms with Crippen molar-refractivity contribution in [1.29, 1.82) is 0 Å². The Balaban J connectivity index is 3.23. The Morgan fingerprint density at radius 1 is 1.28 bits per heavy atom. The van der Waals surface area contributed by atoms with E-state index in [1.54, 1.807) is 0 Å². The number of para-hydroxylation sites is 2. The molecule has 0 aliphatic rings. The Morgan fingerprint density at radius 3 is 2.39 bits per heavy atom. The minimum absolute atomic E-state index is 0.193. The predicted octanol–water partition coefficient (Wildman–Crippen LogP) is 1.23. The van der Waals surface area contributed by atoms with Crippen LogP contribution in [0.15, 0.2) is 29.3 Å². The van der Waals surface area contributed by atoms with Gasteiger partial charge >= 0.3 is 11.9 Å². The number of carboxylic acid groups (broad SMARTS) is 2. The molecule has 8 nitrogen and oxygen atoms in total. The molecule has 0 amide bonds. The number of nitro benzene ring substituents is 1. The van der Waals surface area contributed by atoms with Crippen LogP contribution in [0.4, 0.5) is 11.4 Å². The molecule has 0 saturated heterocycles. The largest absolute Gasteiger partial charge is 0.481 e. The van der Waals surface area contributed by atoms with Crippen LogP contribution in [0.1, 0.15) is 6.42 Å². The van der Waals surface area contributed by atoms with Crippen LogP contribution in [0, 0.1) is 10.1 Å². The maximum Gasteiger partial charge on any atom is 0.350 e. The van der Waals surface area contributed by atoms with Crippen molar-refractivity contribution in [3.63, 3.8) is 0 Å². The zero-order valence-electron chi connectivity index (χ0n) is 8.94. The van der Waals surface area contributed by atoms with Crippen LogP contribution in [0.3, 0.4) is 0 Å². The van der Waals surface area contributed by atoms with Gasteiger partial charge in [0.2, 0.25) is 0 Å². The molecule has 1 aromatic carbocycles. The van der Waals surface area contributed by atoms with Gasteiger partial charge in [-0.25, -0.2) is 9.79 Å². The molecular weight excluding hydrogens is 244 g/mol. The maximum absolute atomic E-state index is 10.8. The minimum Gasteiger partial charge on any atom is -0.481 e. The van der Waals surface area contributed by atoms with Gasteiger partial charge in [0.05, 0.1) is 11.3 Å². The molecule has 0 aliphatic heterocycles. The molecule has 0 aromatic heterocycles. The van der Waals surface area contributed by atoms with E-state index in [1.165, 1.54) is 18.2 Å². The van der Waals surface area contributed by atoms with E-state index >= 15 is 0 Å². The standard InChI is InChI=1S/C10H8N2O6/c13-9(14)5-7(10(15)16)11-6-3-1-2-4-8(6)12(17)18/h1-4H,5H2,(H,13,14)(H,15,16). The SMILES string of the molecule is O=C(O)CC(=Nc1ccccc1[N+](=O)[O-])C(=O)O. The Morgan fingerprint density at radius 2 is 1.89 bits per heavy atom. The summed E-state index contributed by atoms with van der Waals surface area (Å²) in [5.41, 5.74) is -1.25. The van der Waals surface area contributed by atoms with E-state index in [9.17, 15) is 19.7 Å². The van der Waals surface area contributed by atoms with Crippen LogP contribution in [0.25, 0.3) is 0 Å². The third kappa shape index (κ3) is 3.37. The Kier molecular flexibility index (Phi) is 4.08. The molecule has 0 fully saturated rings. The first-order valence-corrected chi connectivity index (χ1v) is 4.68. The van der Waals surface area contributed by atoms with E-state index in [-0.39, 0.29) is 11.4 Å². The molecule has 0 spiro atoms. The van der Waals surface area contributed by atoms with Crippen LogP contribution >= 0.6 is 0 Å². The van der Waals surface area contributed by atoms with Crippen molar-refractivity contribution >= 4 is 29.0 Å². The third-order valence-electron chi connectivity index (χ3n) is 1.90. The number of rotatable bonds is 5. The highest BCUT2D eigenvalue weighted by Crippen LogP contribution is 2.26. The summed E-state index contributed by atoms with van der Waals surface area (Å²) < 4.78 is 0. The normalized spacial score (nSPS) is 11.0. The van der Waals surface area contributed by atoms with Crippen LogP contribution in [-0.2, 0) is 9.59 Å². The quantitative estimate of drug-likeness (QED) is 0.460. The first-order chi connectivity index (χ1) is 8.41. The van der Waals surface area contributed by atoms with E-state index in [4.69, 9.17) is 10.2 Å². The summed E-state index contributed by atoms with van der Waals surface area (Å²) in [4.78, 5) is 34.7. The molecule has 94 valence electrons. The third-order valence-corrected chi connectivity index (χ3v) is 1.90. The van der Waals surface area contributed by atoms with E-state index in [0.29, 0.717) is 0 Å². The van der Waals surface area contributed by atoms with Crippen molar-refractivity contribution in [3.8, 4) is 0 Å². The van der Waals surface area contributed by atoms with Gasteiger partial charge in [-0.2, -0.15) is 0 Å². The summed E-state index contributed by atoms with van der Waals surface area (Å²) in [5.74, 6) is -2.91. The zero-order valence-corrected chi connectivity index (χ0v) is 8.94. The second-order valence-corrected chi connectivity index (χ2v) is 3.18. The average Bonchev–Trinajstić information content (AvgIpc) is 2.27. The van der Waals surface area contributed by atoms with Gasteiger partial charge in [-0.05, 0) is 6.07 Å². The van der Waals surface area contributed by atoms with Gasteiger partial charge in [-0.15, -0.1) is 0 Å². The van der Waals surface area contributed by atoms with Crippen molar-refractivity contribution in [1.82, 2.24) is 0 Å². The summed E-state index contributed by atoms with van der Waals surface area (Å²) in [5, 5.41) is 27.9. The van der Waals surface area contributed by atoms with Gasteiger partial charge in [0.15, 0.2) is 0 Å². The number of aliphatic imine (C=N–C) groups is 1. The molecule has 8 heteroatoms. The smallest absolute Gasteiger partial charge is 0.350 e. The molecule has 2 N–H and O–H groups in total. The summed E-state index contributed by atoms with van der Waals surface area (Å²) in [6, 6.07) is 5.23. The van der Waals surface area contributed by atoms with Crippen LogP contribution in [0.5, 0.6) is 0 Å². The van der Waals surface area contributed by atoms with Gasteiger partial charge in [-0.1, -0.05) is 12.1 Å². The molecule has 0 saturated carbocycles. The molecule has 18 heavy (non-hydrogen) atoms. The van der Waals surface area contributed by atoms with Crippen molar-refractivity contribution in [2.75, 3.05) is 0 Å². The fourth-order valence-corrected chi connectivity index (χ4v) is 1.16. The Bertz CT molecular complexity index is 537. The summed E-state index contributed by atoms with van der Waals surface area (Å²) in [6.45, 7) is 0. The highest BCUT2D eigenvalue weighted by Gasteiger charge is 2.18. The van der Waals surface area contributed by atoms with Crippen molar-refractivity contribution in [2.24, 2.45) is 4.99 Å². The van der Waals surface area contributed by atoms with Gasteiger partial charge in [0, 0.05) is 6.07 Å². The lowest BCUT2D eigenvalue weighted by molar-refractivity contribution is -0.384. The first-order valence-electron chi connectivity index (χ1n) is 4.68. The first kappa shape index (κ1) is 13.3. The number of aliphatic carboxylic acids is 2. The molecule has 0 radical (unpaired) electrons. The lowest BCUT2D eigenvalue weighted by Crippen LogP contribution is -2.17. The summed E-state index contributed by atoms with van der Waals surface area (Å²) >= 11 is 0. The van der Waals surface area contributed by atoms with E-state index < -0.39 is 29.0 Å². The number of carbonyl (C=O) groups is 2. The highest BCUT2D eigenvalue weighted by atomic mass is 16.6. The lowest BCUT2D eigenvalue weighted by Gasteiger charge is -1.99. The van der Waals surface area contributed by atoms with Crippen LogP contribution < -0.4 is 0 Å². The van der Waals surface area contributed by atoms with E-state index in [2.05, 4.69) is 4.99 Å². The fraction of sp³-hybridized carbons (Fsp3) is 0.100. The Labute approximate surface area is 100 Å². The molecule has 1 rings (SSSR count).